The zero-order chi connectivity index (χ0) is 11.4. The van der Waals surface area contributed by atoms with Gasteiger partial charge in [-0.05, 0) is 38.9 Å². The first-order chi connectivity index (χ1) is 7.78. The van der Waals surface area contributed by atoms with Crippen LogP contribution >= 0.6 is 11.3 Å². The Morgan fingerprint density at radius 3 is 2.94 bits per heavy atom. The van der Waals surface area contributed by atoms with E-state index in [2.05, 4.69) is 22.2 Å². The van der Waals surface area contributed by atoms with Gasteiger partial charge < -0.3 is 16.0 Å². The zero-order valence-electron chi connectivity index (χ0n) is 9.78. The molecule has 0 amide bonds. The number of rotatable bonds is 4. The number of hydrogen-bond donors (Lipinski definition) is 2. The minimum atomic E-state index is 0.591. The highest BCUT2D eigenvalue weighted by atomic mass is 32.1. The molecule has 1 aliphatic rings. The Morgan fingerprint density at radius 2 is 2.31 bits per heavy atom. The first-order valence-electron chi connectivity index (χ1n) is 5.85. The Kier molecular flexibility index (Phi) is 4.15. The van der Waals surface area contributed by atoms with E-state index in [0.717, 1.165) is 22.5 Å². The van der Waals surface area contributed by atoms with Crippen molar-refractivity contribution in [3.8, 4) is 0 Å². The van der Waals surface area contributed by atoms with Crippen LogP contribution in [0.15, 0.2) is 6.20 Å². The maximum atomic E-state index is 5.55. The van der Waals surface area contributed by atoms with E-state index in [1.54, 1.807) is 11.3 Å². The van der Waals surface area contributed by atoms with Crippen molar-refractivity contribution in [2.45, 2.75) is 19.4 Å². The molecule has 5 heteroatoms. The minimum Gasteiger partial charge on any atom is -0.361 e. The molecule has 0 spiro atoms. The van der Waals surface area contributed by atoms with Gasteiger partial charge >= 0.3 is 0 Å². The molecule has 0 aliphatic carbocycles. The fourth-order valence-corrected chi connectivity index (χ4v) is 2.68. The van der Waals surface area contributed by atoms with Crippen molar-refractivity contribution in [2.75, 3.05) is 32.0 Å². The van der Waals surface area contributed by atoms with E-state index in [1.807, 2.05) is 6.20 Å². The molecule has 16 heavy (non-hydrogen) atoms. The van der Waals surface area contributed by atoms with Crippen molar-refractivity contribution in [2.24, 2.45) is 11.7 Å². The maximum Gasteiger partial charge on any atom is 0.182 e. The first-order valence-corrected chi connectivity index (χ1v) is 6.66. The van der Waals surface area contributed by atoms with Gasteiger partial charge in [-0.1, -0.05) is 0 Å². The fraction of sp³-hybridized carbons (Fsp3) is 0.727. The van der Waals surface area contributed by atoms with Gasteiger partial charge in [0.05, 0.1) is 0 Å². The first kappa shape index (κ1) is 11.8. The van der Waals surface area contributed by atoms with Gasteiger partial charge in [-0.2, -0.15) is 0 Å². The number of nitrogens with two attached hydrogens (primary N) is 1. The predicted molar refractivity (Wildman–Crippen MR) is 68.7 cm³/mol. The van der Waals surface area contributed by atoms with E-state index >= 15 is 0 Å². The van der Waals surface area contributed by atoms with E-state index < -0.39 is 0 Å². The summed E-state index contributed by atoms with van der Waals surface area (Å²) < 4.78 is 0. The molecule has 0 aromatic carbocycles. The van der Waals surface area contributed by atoms with Crippen LogP contribution < -0.4 is 11.1 Å². The lowest BCUT2D eigenvalue weighted by atomic mass is 9.97. The molecule has 1 aromatic heterocycles. The van der Waals surface area contributed by atoms with E-state index in [-0.39, 0.29) is 0 Å². The second kappa shape index (κ2) is 5.61. The van der Waals surface area contributed by atoms with Crippen molar-refractivity contribution in [1.82, 2.24) is 9.88 Å². The van der Waals surface area contributed by atoms with E-state index in [9.17, 15) is 0 Å². The molecule has 0 saturated carbocycles. The molecule has 1 fully saturated rings. The van der Waals surface area contributed by atoms with Gasteiger partial charge in [0.25, 0.3) is 0 Å². The number of nitrogens with zero attached hydrogens (tertiary/aromatic N) is 2. The molecule has 0 atom stereocenters. The Hall–Kier alpha value is -0.650. The quantitative estimate of drug-likeness (QED) is 0.834. The minimum absolute atomic E-state index is 0.591. The molecule has 0 unspecified atom stereocenters. The number of hydrogen-bond acceptors (Lipinski definition) is 5. The lowest BCUT2D eigenvalue weighted by Gasteiger charge is -2.28. The summed E-state index contributed by atoms with van der Waals surface area (Å²) >= 11 is 1.66. The molecule has 2 heterocycles. The zero-order valence-corrected chi connectivity index (χ0v) is 10.6. The predicted octanol–water partition coefficient (Wildman–Crippen LogP) is 1.36. The van der Waals surface area contributed by atoms with Crippen LogP contribution in [-0.2, 0) is 6.54 Å². The average Bonchev–Trinajstić information content (AvgIpc) is 2.76. The average molecular weight is 240 g/mol. The van der Waals surface area contributed by atoms with Crippen molar-refractivity contribution in [1.29, 1.82) is 0 Å². The van der Waals surface area contributed by atoms with Crippen LogP contribution in [0.2, 0.25) is 0 Å². The summed E-state index contributed by atoms with van der Waals surface area (Å²) in [6.45, 7) is 4.08. The molecule has 2 rings (SSSR count). The van der Waals surface area contributed by atoms with Crippen molar-refractivity contribution in [3.05, 3.63) is 11.1 Å². The third-order valence-corrected chi connectivity index (χ3v) is 4.11. The lowest BCUT2D eigenvalue weighted by Crippen LogP contribution is -2.32. The summed E-state index contributed by atoms with van der Waals surface area (Å²) in [5.41, 5.74) is 5.55. The van der Waals surface area contributed by atoms with Crippen molar-refractivity contribution >= 4 is 16.5 Å². The highest BCUT2D eigenvalue weighted by molar-refractivity contribution is 7.15. The second-order valence-electron chi connectivity index (χ2n) is 4.46. The van der Waals surface area contributed by atoms with E-state index in [0.29, 0.717) is 6.54 Å². The van der Waals surface area contributed by atoms with Crippen LogP contribution in [0.25, 0.3) is 0 Å². The van der Waals surface area contributed by atoms with Crippen molar-refractivity contribution < 1.29 is 0 Å². The largest absolute Gasteiger partial charge is 0.361 e. The molecular formula is C11H20N4S. The fourth-order valence-electron chi connectivity index (χ4n) is 1.98. The lowest BCUT2D eigenvalue weighted by molar-refractivity contribution is 0.226. The summed E-state index contributed by atoms with van der Waals surface area (Å²) in [7, 11) is 2.19. The smallest absolute Gasteiger partial charge is 0.182 e. The topological polar surface area (TPSA) is 54.2 Å². The summed E-state index contributed by atoms with van der Waals surface area (Å²) in [6.07, 6.45) is 4.44. The molecular weight excluding hydrogens is 220 g/mol. The number of likely N-dealkylation sites (tertiary alicyclic amines) is 1. The Labute approximate surface area is 101 Å². The van der Waals surface area contributed by atoms with E-state index in [4.69, 9.17) is 5.73 Å². The highest BCUT2D eigenvalue weighted by Crippen LogP contribution is 2.20. The molecule has 1 aliphatic heterocycles. The standard InChI is InChI=1S/C11H20N4S/c1-15-4-2-9(3-5-15)7-13-11-14-8-10(6-12)16-11/h8-9H,2-7,12H2,1H3,(H,13,14). The molecule has 1 aromatic rings. The van der Waals surface area contributed by atoms with Gasteiger partial charge in [-0.15, -0.1) is 11.3 Å². The molecule has 1 saturated heterocycles. The SMILES string of the molecule is CN1CCC(CNc2ncc(CN)s2)CC1. The Morgan fingerprint density at radius 1 is 1.56 bits per heavy atom. The van der Waals surface area contributed by atoms with Crippen LogP contribution in [0.1, 0.15) is 17.7 Å². The third-order valence-electron chi connectivity index (χ3n) is 3.13. The Balaban J connectivity index is 1.74. The number of thiazole rings is 1. The molecule has 3 N–H and O–H groups in total. The number of anilines is 1. The van der Waals surface area contributed by atoms with Gasteiger partial charge in [0, 0.05) is 24.2 Å². The van der Waals surface area contributed by atoms with Gasteiger partial charge in [0.1, 0.15) is 0 Å². The van der Waals surface area contributed by atoms with Crippen LogP contribution in [-0.4, -0.2) is 36.6 Å². The van der Waals surface area contributed by atoms with Gasteiger partial charge in [0.15, 0.2) is 5.13 Å². The van der Waals surface area contributed by atoms with E-state index in [1.165, 1.54) is 25.9 Å². The van der Waals surface area contributed by atoms with Gasteiger partial charge in [-0.3, -0.25) is 0 Å². The van der Waals surface area contributed by atoms with Crippen LogP contribution in [0.4, 0.5) is 5.13 Å². The van der Waals surface area contributed by atoms with Crippen molar-refractivity contribution in [3.63, 3.8) is 0 Å². The summed E-state index contributed by atoms with van der Waals surface area (Å²) in [4.78, 5) is 7.84. The van der Waals surface area contributed by atoms with Crippen LogP contribution in [0.3, 0.4) is 0 Å². The number of piperidine rings is 1. The number of aromatic nitrogens is 1. The molecule has 4 nitrogen and oxygen atoms in total. The molecule has 0 radical (unpaired) electrons. The second-order valence-corrected chi connectivity index (χ2v) is 5.58. The number of nitrogens with one attached hydrogen (secondary N) is 1. The van der Waals surface area contributed by atoms with Crippen LogP contribution in [0, 0.1) is 5.92 Å². The van der Waals surface area contributed by atoms with Crippen LogP contribution in [0.5, 0.6) is 0 Å². The summed E-state index contributed by atoms with van der Waals surface area (Å²) in [5.74, 6) is 0.793. The molecule has 0 bridgehead atoms. The van der Waals surface area contributed by atoms with Gasteiger partial charge in [0.2, 0.25) is 0 Å². The maximum absolute atomic E-state index is 5.55. The highest BCUT2D eigenvalue weighted by Gasteiger charge is 2.16. The summed E-state index contributed by atoms with van der Waals surface area (Å²) in [6, 6.07) is 0. The van der Waals surface area contributed by atoms with Gasteiger partial charge in [-0.25, -0.2) is 4.98 Å². The third kappa shape index (κ3) is 3.17. The molecule has 90 valence electrons. The Bertz CT molecular complexity index is 318. The monoisotopic (exact) mass is 240 g/mol. The summed E-state index contributed by atoms with van der Waals surface area (Å²) in [5, 5.41) is 4.43. The normalized spacial score (nSPS) is 18.9.